The molecule has 1 N–H and O–H groups in total. The summed E-state index contributed by atoms with van der Waals surface area (Å²) in [5.41, 5.74) is 2.46. The molecule has 0 atom stereocenters. The van der Waals surface area contributed by atoms with E-state index in [4.69, 9.17) is 27.9 Å². The minimum atomic E-state index is -0.285. The van der Waals surface area contributed by atoms with Gasteiger partial charge >= 0.3 is 0 Å². The quantitative estimate of drug-likeness (QED) is 0.448. The van der Waals surface area contributed by atoms with Crippen molar-refractivity contribution in [2.45, 2.75) is 20.0 Å². The van der Waals surface area contributed by atoms with Crippen LogP contribution in [0.25, 0.3) is 17.3 Å². The van der Waals surface area contributed by atoms with Gasteiger partial charge in [0.2, 0.25) is 5.91 Å². The first-order valence-electron chi connectivity index (χ1n) is 8.57. The highest BCUT2D eigenvalue weighted by atomic mass is 35.5. The van der Waals surface area contributed by atoms with Crippen LogP contribution in [0.4, 0.5) is 5.13 Å². The zero-order chi connectivity index (χ0) is 20.1. The standard InChI is InChI=1S/C21H18Cl2N2O2S/c1-13(2)27-17-8-4-15(5-9-17)19-12-28-21(24-19)25-20(26)10-6-14-3-7-16(22)11-18(14)23/h3-13H,1-2H3,(H,24,25,26). The smallest absolute Gasteiger partial charge is 0.250 e. The normalized spacial score (nSPS) is 11.2. The molecule has 0 aliphatic rings. The summed E-state index contributed by atoms with van der Waals surface area (Å²) in [4.78, 5) is 16.6. The second-order valence-electron chi connectivity index (χ2n) is 6.22. The van der Waals surface area contributed by atoms with E-state index in [0.29, 0.717) is 20.7 Å². The first-order valence-corrected chi connectivity index (χ1v) is 10.2. The largest absolute Gasteiger partial charge is 0.491 e. The number of thiazole rings is 1. The lowest BCUT2D eigenvalue weighted by atomic mass is 10.2. The summed E-state index contributed by atoms with van der Waals surface area (Å²) in [6.07, 6.45) is 3.17. The lowest BCUT2D eigenvalue weighted by Crippen LogP contribution is -2.07. The van der Waals surface area contributed by atoms with Gasteiger partial charge in [-0.25, -0.2) is 4.98 Å². The Morgan fingerprint density at radius 2 is 1.93 bits per heavy atom. The zero-order valence-corrected chi connectivity index (χ0v) is 17.6. The fourth-order valence-electron chi connectivity index (χ4n) is 2.39. The number of amides is 1. The highest BCUT2D eigenvalue weighted by molar-refractivity contribution is 7.14. The van der Waals surface area contributed by atoms with E-state index in [9.17, 15) is 4.79 Å². The Morgan fingerprint density at radius 1 is 1.18 bits per heavy atom. The van der Waals surface area contributed by atoms with Crippen molar-refractivity contribution in [1.29, 1.82) is 0 Å². The summed E-state index contributed by atoms with van der Waals surface area (Å²) >= 11 is 13.3. The number of aromatic nitrogens is 1. The van der Waals surface area contributed by atoms with Crippen molar-refractivity contribution >= 4 is 51.7 Å². The van der Waals surface area contributed by atoms with E-state index in [1.54, 1.807) is 24.3 Å². The van der Waals surface area contributed by atoms with Crippen molar-refractivity contribution in [2.24, 2.45) is 0 Å². The van der Waals surface area contributed by atoms with Crippen molar-refractivity contribution in [1.82, 2.24) is 4.98 Å². The van der Waals surface area contributed by atoms with Crippen LogP contribution in [0.5, 0.6) is 5.75 Å². The van der Waals surface area contributed by atoms with Crippen LogP contribution in [-0.2, 0) is 4.79 Å². The van der Waals surface area contributed by atoms with Gasteiger partial charge in [0.25, 0.3) is 0 Å². The van der Waals surface area contributed by atoms with Gasteiger partial charge < -0.3 is 4.74 Å². The lowest BCUT2D eigenvalue weighted by Gasteiger charge is -2.09. The SMILES string of the molecule is CC(C)Oc1ccc(-c2csc(NC(=O)C=Cc3ccc(Cl)cc3Cl)n2)cc1. The summed E-state index contributed by atoms with van der Waals surface area (Å²) in [6, 6.07) is 12.8. The Hall–Kier alpha value is -2.34. The molecule has 0 saturated carbocycles. The Morgan fingerprint density at radius 3 is 2.61 bits per heavy atom. The highest BCUT2D eigenvalue weighted by Crippen LogP contribution is 2.27. The number of halogens is 2. The van der Waals surface area contributed by atoms with Crippen LogP contribution in [-0.4, -0.2) is 17.0 Å². The zero-order valence-electron chi connectivity index (χ0n) is 15.3. The second-order valence-corrected chi connectivity index (χ2v) is 7.92. The average Bonchev–Trinajstić information content (AvgIpc) is 3.09. The van der Waals surface area contributed by atoms with E-state index in [1.165, 1.54) is 17.4 Å². The summed E-state index contributed by atoms with van der Waals surface area (Å²) in [5, 5.41) is 6.21. The molecule has 3 aromatic rings. The molecule has 0 spiro atoms. The van der Waals surface area contributed by atoms with Crippen LogP contribution < -0.4 is 10.1 Å². The molecule has 0 aliphatic heterocycles. The maximum atomic E-state index is 12.1. The fraction of sp³-hybridized carbons (Fsp3) is 0.143. The van der Waals surface area contributed by atoms with Gasteiger partial charge in [-0.1, -0.05) is 29.3 Å². The van der Waals surface area contributed by atoms with E-state index in [1.807, 2.05) is 43.5 Å². The number of hydrogen-bond acceptors (Lipinski definition) is 4. The molecule has 4 nitrogen and oxygen atoms in total. The molecule has 0 unspecified atom stereocenters. The third kappa shape index (κ3) is 5.58. The first-order chi connectivity index (χ1) is 13.4. The molecule has 0 bridgehead atoms. The van der Waals surface area contributed by atoms with Crippen LogP contribution in [0.2, 0.25) is 10.0 Å². The molecule has 1 heterocycles. The van der Waals surface area contributed by atoms with Gasteiger partial charge in [-0.3, -0.25) is 10.1 Å². The number of rotatable bonds is 6. The minimum Gasteiger partial charge on any atom is -0.491 e. The summed E-state index contributed by atoms with van der Waals surface area (Å²) in [7, 11) is 0. The Kier molecular flexibility index (Phi) is 6.73. The predicted molar refractivity (Wildman–Crippen MR) is 117 cm³/mol. The number of ether oxygens (including phenoxy) is 1. The number of benzene rings is 2. The third-order valence-corrected chi connectivity index (χ3v) is 4.95. The number of carbonyl (C=O) groups excluding carboxylic acids is 1. The fourth-order valence-corrected chi connectivity index (χ4v) is 3.58. The lowest BCUT2D eigenvalue weighted by molar-refractivity contribution is -0.111. The molecule has 0 radical (unpaired) electrons. The van der Waals surface area contributed by atoms with Crippen LogP contribution in [0.15, 0.2) is 53.9 Å². The van der Waals surface area contributed by atoms with E-state index < -0.39 is 0 Å². The number of anilines is 1. The number of hydrogen-bond donors (Lipinski definition) is 1. The Labute approximate surface area is 177 Å². The second kappa shape index (κ2) is 9.24. The maximum absolute atomic E-state index is 12.1. The third-order valence-electron chi connectivity index (χ3n) is 3.63. The molecule has 0 saturated heterocycles. The Balaban J connectivity index is 1.63. The highest BCUT2D eigenvalue weighted by Gasteiger charge is 2.07. The van der Waals surface area contributed by atoms with Gasteiger partial charge in [-0.05, 0) is 61.9 Å². The average molecular weight is 433 g/mol. The first kappa shape index (κ1) is 20.4. The molecule has 144 valence electrons. The van der Waals surface area contributed by atoms with Crippen LogP contribution in [0.3, 0.4) is 0 Å². The van der Waals surface area contributed by atoms with Gasteiger partial charge in [0.15, 0.2) is 5.13 Å². The van der Waals surface area contributed by atoms with Gasteiger partial charge in [0.05, 0.1) is 11.8 Å². The van der Waals surface area contributed by atoms with Gasteiger partial charge in [0, 0.05) is 27.1 Å². The van der Waals surface area contributed by atoms with Crippen LogP contribution in [0, 0.1) is 0 Å². The monoisotopic (exact) mass is 432 g/mol. The Bertz CT molecular complexity index is 998. The summed E-state index contributed by atoms with van der Waals surface area (Å²) in [6.45, 7) is 3.97. The topological polar surface area (TPSA) is 51.2 Å². The van der Waals surface area contributed by atoms with Crippen molar-refractivity contribution in [3.8, 4) is 17.0 Å². The number of nitrogens with one attached hydrogen (secondary N) is 1. The van der Waals surface area contributed by atoms with Gasteiger partial charge in [-0.2, -0.15) is 0 Å². The number of carbonyl (C=O) groups is 1. The van der Waals surface area contributed by atoms with Crippen molar-refractivity contribution in [3.05, 3.63) is 69.5 Å². The molecule has 1 amide bonds. The molecule has 7 heteroatoms. The molecule has 0 aliphatic carbocycles. The molecule has 2 aromatic carbocycles. The van der Waals surface area contributed by atoms with E-state index in [-0.39, 0.29) is 12.0 Å². The van der Waals surface area contributed by atoms with Gasteiger partial charge in [0.1, 0.15) is 5.75 Å². The molecule has 3 rings (SSSR count). The molecular weight excluding hydrogens is 415 g/mol. The van der Waals surface area contributed by atoms with Crippen molar-refractivity contribution in [2.75, 3.05) is 5.32 Å². The predicted octanol–water partition coefficient (Wildman–Crippen LogP) is 6.56. The van der Waals surface area contributed by atoms with Crippen LogP contribution >= 0.6 is 34.5 Å². The number of nitrogens with zero attached hydrogens (tertiary/aromatic N) is 1. The van der Waals surface area contributed by atoms with E-state index in [2.05, 4.69) is 10.3 Å². The van der Waals surface area contributed by atoms with Gasteiger partial charge in [-0.15, -0.1) is 11.3 Å². The molecule has 28 heavy (non-hydrogen) atoms. The van der Waals surface area contributed by atoms with E-state index in [0.717, 1.165) is 17.0 Å². The maximum Gasteiger partial charge on any atom is 0.250 e. The van der Waals surface area contributed by atoms with E-state index >= 15 is 0 Å². The van der Waals surface area contributed by atoms with Crippen molar-refractivity contribution < 1.29 is 9.53 Å². The molecule has 1 aromatic heterocycles. The summed E-state index contributed by atoms with van der Waals surface area (Å²) in [5.74, 6) is 0.529. The minimum absolute atomic E-state index is 0.128. The molecule has 0 fully saturated rings. The van der Waals surface area contributed by atoms with Crippen molar-refractivity contribution in [3.63, 3.8) is 0 Å². The molecular formula is C21H18Cl2N2O2S. The van der Waals surface area contributed by atoms with Crippen LogP contribution in [0.1, 0.15) is 19.4 Å². The summed E-state index contributed by atoms with van der Waals surface area (Å²) < 4.78 is 5.64.